The molecule has 0 aliphatic rings. The zero-order valence-electron chi connectivity index (χ0n) is 18.2. The third-order valence-electron chi connectivity index (χ3n) is 5.19. The molecule has 0 fully saturated rings. The number of aromatic nitrogens is 1. The number of hydrogen-bond acceptors (Lipinski definition) is 5. The number of benzene rings is 3. The van der Waals surface area contributed by atoms with Gasteiger partial charge in [0.25, 0.3) is 5.91 Å². The number of nitrogens with zero attached hydrogens (tertiary/aromatic N) is 1. The molecule has 0 saturated heterocycles. The van der Waals surface area contributed by atoms with Crippen LogP contribution in [-0.4, -0.2) is 25.9 Å². The number of aryl methyl sites for hydroxylation is 1. The number of hydrogen-bond donors (Lipinski definition) is 1. The Morgan fingerprint density at radius 2 is 1.64 bits per heavy atom. The van der Waals surface area contributed by atoms with Gasteiger partial charge in [0, 0.05) is 24.1 Å². The molecular formula is C26H24N2O4S. The van der Waals surface area contributed by atoms with Crippen molar-refractivity contribution in [2.24, 2.45) is 0 Å². The van der Waals surface area contributed by atoms with E-state index in [0.717, 1.165) is 11.3 Å². The summed E-state index contributed by atoms with van der Waals surface area (Å²) < 4.78 is 30.6. The Morgan fingerprint density at radius 3 is 2.33 bits per heavy atom. The first-order chi connectivity index (χ1) is 15.9. The van der Waals surface area contributed by atoms with Crippen LogP contribution >= 0.6 is 0 Å². The SMILES string of the molecule is Cc1ccc(-c2nc(CCNC(=O)c3ccc(CS(=O)(=O)c4ccccc4)cc3)co2)cc1. The number of carbonyl (C=O) groups is 1. The highest BCUT2D eigenvalue weighted by Crippen LogP contribution is 2.19. The summed E-state index contributed by atoms with van der Waals surface area (Å²) in [5.74, 6) is 0.209. The van der Waals surface area contributed by atoms with E-state index in [1.54, 1.807) is 60.9 Å². The van der Waals surface area contributed by atoms with Gasteiger partial charge >= 0.3 is 0 Å². The van der Waals surface area contributed by atoms with Gasteiger partial charge in [0.1, 0.15) is 6.26 Å². The summed E-state index contributed by atoms with van der Waals surface area (Å²) in [4.78, 5) is 17.2. The molecule has 0 aliphatic heterocycles. The summed E-state index contributed by atoms with van der Waals surface area (Å²) in [5.41, 5.74) is 3.93. The fourth-order valence-electron chi connectivity index (χ4n) is 3.34. The number of carbonyl (C=O) groups excluding carboxylic acids is 1. The summed E-state index contributed by atoms with van der Waals surface area (Å²) in [5, 5.41) is 2.86. The van der Waals surface area contributed by atoms with Crippen LogP contribution in [0, 0.1) is 6.92 Å². The van der Waals surface area contributed by atoms with Crippen molar-refractivity contribution in [1.82, 2.24) is 10.3 Å². The number of sulfone groups is 1. The fraction of sp³-hybridized carbons (Fsp3) is 0.154. The second kappa shape index (κ2) is 9.83. The zero-order chi connectivity index (χ0) is 23.3. The second-order valence-corrected chi connectivity index (χ2v) is 9.77. The minimum Gasteiger partial charge on any atom is -0.444 e. The van der Waals surface area contributed by atoms with Gasteiger partial charge in [-0.05, 0) is 48.9 Å². The average molecular weight is 461 g/mol. The fourth-order valence-corrected chi connectivity index (χ4v) is 4.71. The van der Waals surface area contributed by atoms with Crippen LogP contribution in [0.1, 0.15) is 27.2 Å². The van der Waals surface area contributed by atoms with E-state index in [9.17, 15) is 13.2 Å². The molecule has 0 bridgehead atoms. The van der Waals surface area contributed by atoms with Crippen molar-refractivity contribution in [3.8, 4) is 11.5 Å². The lowest BCUT2D eigenvalue weighted by Gasteiger charge is -2.07. The number of nitrogens with one attached hydrogen (secondary N) is 1. The van der Waals surface area contributed by atoms with Crippen molar-refractivity contribution >= 4 is 15.7 Å². The van der Waals surface area contributed by atoms with Gasteiger partial charge in [-0.2, -0.15) is 0 Å². The Balaban J connectivity index is 1.30. The summed E-state index contributed by atoms with van der Waals surface area (Å²) in [6.07, 6.45) is 2.14. The first kappa shape index (κ1) is 22.5. The molecule has 0 spiro atoms. The lowest BCUT2D eigenvalue weighted by atomic mass is 10.1. The molecule has 1 amide bonds. The van der Waals surface area contributed by atoms with Crippen molar-refractivity contribution in [2.75, 3.05) is 6.54 Å². The van der Waals surface area contributed by atoms with Crippen molar-refractivity contribution in [3.05, 3.63) is 108 Å². The largest absolute Gasteiger partial charge is 0.444 e. The van der Waals surface area contributed by atoms with Gasteiger partial charge in [-0.15, -0.1) is 0 Å². The molecular weight excluding hydrogens is 436 g/mol. The topological polar surface area (TPSA) is 89.3 Å². The maximum Gasteiger partial charge on any atom is 0.251 e. The van der Waals surface area contributed by atoms with Crippen LogP contribution in [0.3, 0.4) is 0 Å². The molecule has 1 N–H and O–H groups in total. The van der Waals surface area contributed by atoms with Crippen LogP contribution in [0.2, 0.25) is 0 Å². The molecule has 168 valence electrons. The molecule has 6 nitrogen and oxygen atoms in total. The third-order valence-corrected chi connectivity index (χ3v) is 6.90. The minimum absolute atomic E-state index is 0.117. The molecule has 0 aliphatic carbocycles. The standard InChI is InChI=1S/C26H24N2O4S/c1-19-7-11-22(12-8-19)26-28-23(17-32-26)15-16-27-25(29)21-13-9-20(10-14-21)18-33(30,31)24-5-3-2-4-6-24/h2-14,17H,15-16,18H2,1H3,(H,27,29). The Kier molecular flexibility index (Phi) is 6.70. The summed E-state index contributed by atoms with van der Waals surface area (Å²) in [6, 6.07) is 22.9. The maximum absolute atomic E-state index is 12.5. The number of rotatable bonds is 8. The van der Waals surface area contributed by atoms with E-state index in [4.69, 9.17) is 4.42 Å². The zero-order valence-corrected chi connectivity index (χ0v) is 19.0. The van der Waals surface area contributed by atoms with E-state index in [1.807, 2.05) is 31.2 Å². The maximum atomic E-state index is 12.5. The van der Waals surface area contributed by atoms with Crippen molar-refractivity contribution in [2.45, 2.75) is 24.0 Å². The van der Waals surface area contributed by atoms with Crippen LogP contribution < -0.4 is 5.32 Å². The smallest absolute Gasteiger partial charge is 0.251 e. The predicted molar refractivity (Wildman–Crippen MR) is 126 cm³/mol. The van der Waals surface area contributed by atoms with Crippen molar-refractivity contribution in [3.63, 3.8) is 0 Å². The van der Waals surface area contributed by atoms with Gasteiger partial charge < -0.3 is 9.73 Å². The molecule has 4 rings (SSSR count). The van der Waals surface area contributed by atoms with E-state index in [0.29, 0.717) is 30.0 Å². The monoisotopic (exact) mass is 460 g/mol. The van der Waals surface area contributed by atoms with Gasteiger partial charge in [0.15, 0.2) is 9.84 Å². The molecule has 7 heteroatoms. The van der Waals surface area contributed by atoms with E-state index >= 15 is 0 Å². The minimum atomic E-state index is -3.43. The van der Waals surface area contributed by atoms with Crippen LogP contribution in [0.15, 0.2) is 94.4 Å². The van der Waals surface area contributed by atoms with E-state index < -0.39 is 9.84 Å². The van der Waals surface area contributed by atoms with E-state index in [1.165, 1.54) is 5.56 Å². The van der Waals surface area contributed by atoms with Gasteiger partial charge in [0.2, 0.25) is 5.89 Å². The molecule has 1 aromatic heterocycles. The Morgan fingerprint density at radius 1 is 0.939 bits per heavy atom. The lowest BCUT2D eigenvalue weighted by molar-refractivity contribution is 0.0954. The van der Waals surface area contributed by atoms with Crippen molar-refractivity contribution in [1.29, 1.82) is 0 Å². The Labute approximate surface area is 193 Å². The van der Waals surface area contributed by atoms with E-state index in [2.05, 4.69) is 10.3 Å². The average Bonchev–Trinajstić information content (AvgIpc) is 3.29. The summed E-state index contributed by atoms with van der Waals surface area (Å²) in [7, 11) is -3.43. The quantitative estimate of drug-likeness (QED) is 0.415. The molecule has 0 unspecified atom stereocenters. The molecule has 3 aromatic carbocycles. The second-order valence-electron chi connectivity index (χ2n) is 7.78. The predicted octanol–water partition coefficient (Wildman–Crippen LogP) is 4.60. The summed E-state index contributed by atoms with van der Waals surface area (Å²) >= 11 is 0. The highest BCUT2D eigenvalue weighted by molar-refractivity contribution is 7.90. The lowest BCUT2D eigenvalue weighted by Crippen LogP contribution is -2.25. The van der Waals surface area contributed by atoms with Crippen LogP contribution in [0.25, 0.3) is 11.5 Å². The molecule has 1 heterocycles. The van der Waals surface area contributed by atoms with Gasteiger partial charge in [0.05, 0.1) is 16.3 Å². The van der Waals surface area contributed by atoms with Crippen molar-refractivity contribution < 1.29 is 17.6 Å². The molecule has 33 heavy (non-hydrogen) atoms. The first-order valence-corrected chi connectivity index (χ1v) is 12.2. The highest BCUT2D eigenvalue weighted by atomic mass is 32.2. The van der Waals surface area contributed by atoms with Gasteiger partial charge in [-0.1, -0.05) is 48.0 Å². The van der Waals surface area contributed by atoms with Crippen LogP contribution in [0.4, 0.5) is 0 Å². The molecule has 4 aromatic rings. The molecule has 0 radical (unpaired) electrons. The van der Waals surface area contributed by atoms with Gasteiger partial charge in [-0.25, -0.2) is 13.4 Å². The van der Waals surface area contributed by atoms with Gasteiger partial charge in [-0.3, -0.25) is 4.79 Å². The Bertz CT molecular complexity index is 1330. The number of amides is 1. The molecule has 0 atom stereocenters. The highest BCUT2D eigenvalue weighted by Gasteiger charge is 2.15. The third kappa shape index (κ3) is 5.75. The van der Waals surface area contributed by atoms with Crippen LogP contribution in [0.5, 0.6) is 0 Å². The summed E-state index contributed by atoms with van der Waals surface area (Å²) in [6.45, 7) is 2.43. The Hall–Kier alpha value is -3.71. The van der Waals surface area contributed by atoms with Crippen LogP contribution in [-0.2, 0) is 22.0 Å². The molecule has 0 saturated carbocycles. The normalized spacial score (nSPS) is 11.3. The number of oxazole rings is 1. The first-order valence-electron chi connectivity index (χ1n) is 10.6. The van der Waals surface area contributed by atoms with E-state index in [-0.39, 0.29) is 16.6 Å².